The minimum atomic E-state index is -0.151. The summed E-state index contributed by atoms with van der Waals surface area (Å²) >= 11 is 0. The lowest BCUT2D eigenvalue weighted by Gasteiger charge is -2.25. The van der Waals surface area contributed by atoms with Crippen molar-refractivity contribution in [2.24, 2.45) is 0 Å². The van der Waals surface area contributed by atoms with Gasteiger partial charge in [-0.3, -0.25) is 0 Å². The lowest BCUT2D eigenvalue weighted by molar-refractivity contribution is -0.110. The van der Waals surface area contributed by atoms with E-state index in [4.69, 9.17) is 9.47 Å². The highest BCUT2D eigenvalue weighted by atomic mass is 16.7. The van der Waals surface area contributed by atoms with Gasteiger partial charge in [0, 0.05) is 12.8 Å². The molecule has 1 aliphatic heterocycles. The van der Waals surface area contributed by atoms with Gasteiger partial charge in [-0.25, -0.2) is 0 Å². The van der Waals surface area contributed by atoms with Crippen LogP contribution in [0.2, 0.25) is 0 Å². The molecule has 0 bridgehead atoms. The Hall–Kier alpha value is -1.35. The summed E-state index contributed by atoms with van der Waals surface area (Å²) in [5.41, 5.74) is 1.25. The molecule has 1 heterocycles. The molecule has 0 fully saturated rings. The molecule has 0 spiro atoms. The van der Waals surface area contributed by atoms with E-state index in [-0.39, 0.29) is 6.29 Å². The van der Waals surface area contributed by atoms with Crippen molar-refractivity contribution < 1.29 is 14.3 Å². The molecule has 0 saturated heterocycles. The van der Waals surface area contributed by atoms with Crippen molar-refractivity contribution in [2.75, 3.05) is 6.61 Å². The van der Waals surface area contributed by atoms with Crippen LogP contribution in [-0.4, -0.2) is 19.2 Å². The number of carbonyl (C=O) groups is 1. The quantitative estimate of drug-likeness (QED) is 0.564. The van der Waals surface area contributed by atoms with Crippen LogP contribution in [0.25, 0.3) is 0 Å². The monoisotopic (exact) mass is 220 g/mol. The van der Waals surface area contributed by atoms with Gasteiger partial charge in [0.05, 0.1) is 6.61 Å². The summed E-state index contributed by atoms with van der Waals surface area (Å²) in [4.78, 5) is 10.1. The minimum absolute atomic E-state index is 0.151. The number of ether oxygens (including phenoxy) is 2. The molecule has 16 heavy (non-hydrogen) atoms. The Balaban J connectivity index is 1.81. The Labute approximate surface area is 95.4 Å². The summed E-state index contributed by atoms with van der Waals surface area (Å²) in [5, 5.41) is 0. The molecule has 86 valence electrons. The van der Waals surface area contributed by atoms with Gasteiger partial charge >= 0.3 is 0 Å². The zero-order valence-corrected chi connectivity index (χ0v) is 9.22. The second-order valence-corrected chi connectivity index (χ2v) is 3.87. The van der Waals surface area contributed by atoms with Crippen LogP contribution < -0.4 is 4.74 Å². The van der Waals surface area contributed by atoms with Crippen LogP contribution in [0.4, 0.5) is 0 Å². The lowest BCUT2D eigenvalue weighted by atomic mass is 10.1. The van der Waals surface area contributed by atoms with Crippen molar-refractivity contribution in [1.29, 1.82) is 0 Å². The van der Waals surface area contributed by atoms with E-state index < -0.39 is 0 Å². The molecule has 1 unspecified atom stereocenters. The molecule has 0 saturated carbocycles. The Morgan fingerprint density at radius 1 is 1.44 bits per heavy atom. The average Bonchev–Trinajstić information content (AvgIpc) is 2.34. The molecule has 1 atom stereocenters. The van der Waals surface area contributed by atoms with Crippen molar-refractivity contribution in [3.8, 4) is 5.75 Å². The van der Waals surface area contributed by atoms with Gasteiger partial charge in [0.1, 0.15) is 12.0 Å². The molecule has 1 aromatic rings. The predicted octanol–water partition coefficient (Wildman–Crippen LogP) is 2.33. The number of aldehydes is 1. The van der Waals surface area contributed by atoms with Crippen molar-refractivity contribution in [2.45, 2.75) is 32.0 Å². The molecule has 0 amide bonds. The van der Waals surface area contributed by atoms with E-state index in [1.54, 1.807) is 0 Å². The average molecular weight is 220 g/mol. The highest BCUT2D eigenvalue weighted by Gasteiger charge is 2.19. The van der Waals surface area contributed by atoms with Gasteiger partial charge in [0.15, 0.2) is 6.29 Å². The van der Waals surface area contributed by atoms with E-state index in [1.165, 1.54) is 5.56 Å². The van der Waals surface area contributed by atoms with Gasteiger partial charge in [0.2, 0.25) is 0 Å². The first-order chi connectivity index (χ1) is 7.90. The normalized spacial score (nSPS) is 18.6. The fourth-order valence-corrected chi connectivity index (χ4v) is 1.80. The van der Waals surface area contributed by atoms with Gasteiger partial charge in [0.25, 0.3) is 0 Å². The first-order valence-electron chi connectivity index (χ1n) is 5.70. The Morgan fingerprint density at radius 3 is 3.19 bits per heavy atom. The number of carbonyl (C=O) groups excluding carboxylic acids is 1. The van der Waals surface area contributed by atoms with E-state index in [0.717, 1.165) is 31.3 Å². The largest absolute Gasteiger partial charge is 0.465 e. The topological polar surface area (TPSA) is 35.5 Å². The molecule has 2 rings (SSSR count). The molecule has 3 nitrogen and oxygen atoms in total. The van der Waals surface area contributed by atoms with Crippen LogP contribution in [0.3, 0.4) is 0 Å². The molecule has 0 radical (unpaired) electrons. The zero-order chi connectivity index (χ0) is 11.2. The molecule has 1 aliphatic rings. The molecular formula is C13H16O3. The number of aryl methyl sites for hydroxylation is 1. The summed E-state index contributed by atoms with van der Waals surface area (Å²) in [6.45, 7) is 0.589. The second kappa shape index (κ2) is 5.66. The van der Waals surface area contributed by atoms with Crippen LogP contribution in [0.1, 0.15) is 24.8 Å². The summed E-state index contributed by atoms with van der Waals surface area (Å²) in [6.07, 6.45) is 3.97. The number of benzene rings is 1. The fourth-order valence-electron chi connectivity index (χ4n) is 1.80. The number of hydrogen-bond donors (Lipinski definition) is 0. The van der Waals surface area contributed by atoms with E-state index >= 15 is 0 Å². The van der Waals surface area contributed by atoms with Crippen molar-refractivity contribution in [3.63, 3.8) is 0 Å². The molecule has 0 N–H and O–H groups in total. The highest BCUT2D eigenvalue weighted by molar-refractivity contribution is 5.48. The van der Waals surface area contributed by atoms with Gasteiger partial charge in [-0.05, 0) is 24.5 Å². The first kappa shape index (κ1) is 11.1. The van der Waals surface area contributed by atoms with Crippen LogP contribution in [0.15, 0.2) is 24.3 Å². The Morgan fingerprint density at radius 2 is 2.31 bits per heavy atom. The molecule has 3 heteroatoms. The van der Waals surface area contributed by atoms with Gasteiger partial charge in [-0.1, -0.05) is 18.2 Å². The highest BCUT2D eigenvalue weighted by Crippen LogP contribution is 2.27. The van der Waals surface area contributed by atoms with Crippen LogP contribution in [0, 0.1) is 0 Å². The maximum Gasteiger partial charge on any atom is 0.200 e. The number of fused-ring (bicyclic) bond motifs is 1. The van der Waals surface area contributed by atoms with E-state index in [2.05, 4.69) is 6.07 Å². The first-order valence-corrected chi connectivity index (χ1v) is 5.70. The maximum atomic E-state index is 10.1. The van der Waals surface area contributed by atoms with Crippen molar-refractivity contribution in [3.05, 3.63) is 29.8 Å². The second-order valence-electron chi connectivity index (χ2n) is 3.87. The van der Waals surface area contributed by atoms with Gasteiger partial charge in [-0.2, -0.15) is 0 Å². The summed E-state index contributed by atoms with van der Waals surface area (Å²) in [6, 6.07) is 8.04. The van der Waals surface area contributed by atoms with E-state index in [1.807, 2.05) is 18.2 Å². The zero-order valence-electron chi connectivity index (χ0n) is 9.22. The SMILES string of the molecule is O=CCCCOC1CCc2ccccc2O1. The van der Waals surface area contributed by atoms with Crippen molar-refractivity contribution in [1.82, 2.24) is 0 Å². The maximum absolute atomic E-state index is 10.1. The van der Waals surface area contributed by atoms with Gasteiger partial charge in [-0.15, -0.1) is 0 Å². The number of rotatable bonds is 5. The van der Waals surface area contributed by atoms with Crippen molar-refractivity contribution >= 4 is 6.29 Å². The molecule has 0 aliphatic carbocycles. The van der Waals surface area contributed by atoms with Gasteiger partial charge < -0.3 is 14.3 Å². The van der Waals surface area contributed by atoms with E-state index in [9.17, 15) is 4.79 Å². The molecule has 0 aromatic heterocycles. The third-order valence-electron chi connectivity index (χ3n) is 2.65. The van der Waals surface area contributed by atoms with Crippen LogP contribution in [-0.2, 0) is 16.0 Å². The smallest absolute Gasteiger partial charge is 0.200 e. The fraction of sp³-hybridized carbons (Fsp3) is 0.462. The van der Waals surface area contributed by atoms with E-state index in [0.29, 0.717) is 13.0 Å². The third kappa shape index (κ3) is 2.83. The lowest BCUT2D eigenvalue weighted by Crippen LogP contribution is -2.26. The Bertz CT molecular complexity index is 349. The minimum Gasteiger partial charge on any atom is -0.465 e. The summed E-state index contributed by atoms with van der Waals surface area (Å²) < 4.78 is 11.3. The Kier molecular flexibility index (Phi) is 3.94. The number of para-hydroxylation sites is 1. The summed E-state index contributed by atoms with van der Waals surface area (Å²) in [7, 11) is 0. The number of hydrogen-bond acceptors (Lipinski definition) is 3. The molecule has 1 aromatic carbocycles. The number of unbranched alkanes of at least 4 members (excludes halogenated alkanes) is 1. The predicted molar refractivity (Wildman–Crippen MR) is 60.4 cm³/mol. The third-order valence-corrected chi connectivity index (χ3v) is 2.65. The van der Waals surface area contributed by atoms with Crippen LogP contribution in [0.5, 0.6) is 5.75 Å². The molecular weight excluding hydrogens is 204 g/mol. The summed E-state index contributed by atoms with van der Waals surface area (Å²) in [5.74, 6) is 0.925. The van der Waals surface area contributed by atoms with Crippen LogP contribution >= 0.6 is 0 Å². The standard InChI is InChI=1S/C13H16O3/c14-9-3-4-10-15-13-8-7-11-5-1-2-6-12(11)16-13/h1-2,5-6,9,13H,3-4,7-8,10H2.